The average molecular weight is 180 g/mol. The van der Waals surface area contributed by atoms with Crippen LogP contribution in [0, 0.1) is 0 Å². The van der Waals surface area contributed by atoms with Crippen LogP contribution in [0.2, 0.25) is 0 Å². The summed E-state index contributed by atoms with van der Waals surface area (Å²) >= 11 is 0. The van der Waals surface area contributed by atoms with Crippen molar-refractivity contribution in [3.63, 3.8) is 0 Å². The number of hydrogen-bond acceptors (Lipinski definition) is 5. The van der Waals surface area contributed by atoms with Crippen molar-refractivity contribution >= 4 is 5.95 Å². The molecule has 1 aliphatic rings. The first-order valence-corrected chi connectivity index (χ1v) is 4.42. The minimum absolute atomic E-state index is 0.0130. The Balaban J connectivity index is 2.14. The highest BCUT2D eigenvalue weighted by atomic mass is 16.5. The Morgan fingerprint density at radius 2 is 2.31 bits per heavy atom. The third-order valence-electron chi connectivity index (χ3n) is 2.08. The molecule has 0 radical (unpaired) electrons. The van der Waals surface area contributed by atoms with E-state index in [0.717, 1.165) is 25.9 Å². The fourth-order valence-electron chi connectivity index (χ4n) is 1.42. The van der Waals surface area contributed by atoms with Gasteiger partial charge in [-0.2, -0.15) is 4.98 Å². The molecule has 2 N–H and O–H groups in total. The standard InChI is InChI=1S/C8H12N4O/c9-8-11-5-10-7(12-8)6-3-1-2-4-13-6/h5-6H,1-4H2,(H2,9,10,11,12). The van der Waals surface area contributed by atoms with Crippen molar-refractivity contribution in [1.82, 2.24) is 15.0 Å². The van der Waals surface area contributed by atoms with Gasteiger partial charge in [0, 0.05) is 6.61 Å². The van der Waals surface area contributed by atoms with Gasteiger partial charge >= 0.3 is 0 Å². The first kappa shape index (κ1) is 8.37. The molecule has 1 atom stereocenters. The Labute approximate surface area is 76.4 Å². The molecule has 0 aliphatic carbocycles. The fraction of sp³-hybridized carbons (Fsp3) is 0.625. The Hall–Kier alpha value is -1.23. The highest BCUT2D eigenvalue weighted by molar-refractivity contribution is 5.13. The molecule has 1 aromatic heterocycles. The molecule has 70 valence electrons. The quantitative estimate of drug-likeness (QED) is 0.688. The second-order valence-electron chi connectivity index (χ2n) is 3.06. The lowest BCUT2D eigenvalue weighted by molar-refractivity contribution is 0.00940. The summed E-state index contributed by atoms with van der Waals surface area (Å²) in [6.07, 6.45) is 4.70. The van der Waals surface area contributed by atoms with E-state index in [9.17, 15) is 0 Å². The van der Waals surface area contributed by atoms with E-state index in [1.807, 2.05) is 0 Å². The van der Waals surface area contributed by atoms with Gasteiger partial charge in [-0.1, -0.05) is 0 Å². The lowest BCUT2D eigenvalue weighted by Gasteiger charge is -2.20. The summed E-state index contributed by atoms with van der Waals surface area (Å²) in [5, 5.41) is 0. The van der Waals surface area contributed by atoms with Crippen LogP contribution in [0.1, 0.15) is 31.2 Å². The van der Waals surface area contributed by atoms with Gasteiger partial charge in [-0.15, -0.1) is 0 Å². The molecule has 1 unspecified atom stereocenters. The van der Waals surface area contributed by atoms with Crippen LogP contribution in [-0.4, -0.2) is 21.6 Å². The van der Waals surface area contributed by atoms with E-state index in [-0.39, 0.29) is 12.1 Å². The summed E-state index contributed by atoms with van der Waals surface area (Å²) in [5.41, 5.74) is 5.45. The molecule has 1 aliphatic heterocycles. The van der Waals surface area contributed by atoms with Crippen molar-refractivity contribution in [2.45, 2.75) is 25.4 Å². The van der Waals surface area contributed by atoms with Crippen LogP contribution >= 0.6 is 0 Å². The van der Waals surface area contributed by atoms with Gasteiger partial charge in [-0.25, -0.2) is 9.97 Å². The third kappa shape index (κ3) is 1.92. The second-order valence-corrected chi connectivity index (χ2v) is 3.06. The number of nitrogen functional groups attached to an aromatic ring is 1. The number of rotatable bonds is 1. The minimum atomic E-state index is 0.0130. The van der Waals surface area contributed by atoms with Crippen molar-refractivity contribution in [1.29, 1.82) is 0 Å². The second kappa shape index (κ2) is 3.66. The van der Waals surface area contributed by atoms with E-state index in [1.165, 1.54) is 6.33 Å². The van der Waals surface area contributed by atoms with Gasteiger partial charge in [0.1, 0.15) is 12.4 Å². The summed E-state index contributed by atoms with van der Waals surface area (Å²) in [4.78, 5) is 11.8. The van der Waals surface area contributed by atoms with Gasteiger partial charge in [0.05, 0.1) is 0 Å². The smallest absolute Gasteiger partial charge is 0.223 e. The number of anilines is 1. The Bertz CT molecular complexity index is 285. The Morgan fingerprint density at radius 1 is 1.38 bits per heavy atom. The van der Waals surface area contributed by atoms with Crippen LogP contribution in [0.15, 0.2) is 6.33 Å². The molecule has 0 saturated carbocycles. The molecule has 0 bridgehead atoms. The number of ether oxygens (including phenoxy) is 1. The first-order chi connectivity index (χ1) is 6.36. The lowest BCUT2D eigenvalue weighted by Crippen LogP contribution is -2.15. The molecule has 1 saturated heterocycles. The molecule has 2 heterocycles. The van der Waals surface area contributed by atoms with Crippen molar-refractivity contribution in [3.05, 3.63) is 12.2 Å². The van der Waals surface area contributed by atoms with Gasteiger partial charge in [-0.3, -0.25) is 0 Å². The largest absolute Gasteiger partial charge is 0.370 e. The zero-order valence-electron chi connectivity index (χ0n) is 7.31. The summed E-state index contributed by atoms with van der Waals surface area (Å²) in [5.74, 6) is 0.923. The highest BCUT2D eigenvalue weighted by Crippen LogP contribution is 2.24. The predicted octanol–water partition coefficient (Wildman–Crippen LogP) is 0.695. The Morgan fingerprint density at radius 3 is 3.00 bits per heavy atom. The molecule has 1 aromatic rings. The van der Waals surface area contributed by atoms with Gasteiger partial charge in [0.15, 0.2) is 5.82 Å². The fourth-order valence-corrected chi connectivity index (χ4v) is 1.42. The number of nitrogens with zero attached hydrogens (tertiary/aromatic N) is 3. The minimum Gasteiger partial charge on any atom is -0.370 e. The van der Waals surface area contributed by atoms with Crippen molar-refractivity contribution in [2.75, 3.05) is 12.3 Å². The van der Waals surface area contributed by atoms with E-state index in [0.29, 0.717) is 5.82 Å². The summed E-state index contributed by atoms with van der Waals surface area (Å²) in [6, 6.07) is 0. The van der Waals surface area contributed by atoms with Crippen molar-refractivity contribution < 1.29 is 4.74 Å². The molecule has 13 heavy (non-hydrogen) atoms. The molecule has 1 fully saturated rings. The molecule has 5 nitrogen and oxygen atoms in total. The van der Waals surface area contributed by atoms with Crippen LogP contribution in [0.25, 0.3) is 0 Å². The molecule has 5 heteroatoms. The molecule has 0 spiro atoms. The average Bonchev–Trinajstić information content (AvgIpc) is 2.19. The van der Waals surface area contributed by atoms with Crippen LogP contribution in [0.4, 0.5) is 5.95 Å². The topological polar surface area (TPSA) is 73.9 Å². The molecule has 2 rings (SSSR count). The highest BCUT2D eigenvalue weighted by Gasteiger charge is 2.18. The monoisotopic (exact) mass is 180 g/mol. The summed E-state index contributed by atoms with van der Waals surface area (Å²) < 4.78 is 5.51. The predicted molar refractivity (Wildman–Crippen MR) is 46.8 cm³/mol. The molecular weight excluding hydrogens is 168 g/mol. The van der Waals surface area contributed by atoms with Gasteiger partial charge in [0.2, 0.25) is 5.95 Å². The normalized spacial score (nSPS) is 22.9. The van der Waals surface area contributed by atoms with Crippen LogP contribution < -0.4 is 5.73 Å². The summed E-state index contributed by atoms with van der Waals surface area (Å²) in [7, 11) is 0. The van der Waals surface area contributed by atoms with E-state index in [2.05, 4.69) is 15.0 Å². The van der Waals surface area contributed by atoms with Crippen molar-refractivity contribution in [2.24, 2.45) is 0 Å². The Kier molecular flexibility index (Phi) is 2.35. The first-order valence-electron chi connectivity index (χ1n) is 4.42. The maximum atomic E-state index is 5.51. The van der Waals surface area contributed by atoms with Crippen molar-refractivity contribution in [3.8, 4) is 0 Å². The molecule has 0 amide bonds. The van der Waals surface area contributed by atoms with E-state index >= 15 is 0 Å². The van der Waals surface area contributed by atoms with Crippen LogP contribution in [0.3, 0.4) is 0 Å². The number of hydrogen-bond donors (Lipinski definition) is 1. The van der Waals surface area contributed by atoms with E-state index in [4.69, 9.17) is 10.5 Å². The maximum Gasteiger partial charge on any atom is 0.223 e. The third-order valence-corrected chi connectivity index (χ3v) is 2.08. The summed E-state index contributed by atoms with van der Waals surface area (Å²) in [6.45, 7) is 0.788. The zero-order valence-corrected chi connectivity index (χ0v) is 7.31. The van der Waals surface area contributed by atoms with Crippen LogP contribution in [-0.2, 0) is 4.74 Å². The number of aromatic nitrogens is 3. The molecule has 0 aromatic carbocycles. The van der Waals surface area contributed by atoms with E-state index in [1.54, 1.807) is 0 Å². The van der Waals surface area contributed by atoms with Crippen LogP contribution in [0.5, 0.6) is 0 Å². The molecular formula is C8H12N4O. The van der Waals surface area contributed by atoms with Gasteiger partial charge in [-0.05, 0) is 19.3 Å². The van der Waals surface area contributed by atoms with E-state index < -0.39 is 0 Å². The van der Waals surface area contributed by atoms with Gasteiger partial charge in [0.25, 0.3) is 0 Å². The van der Waals surface area contributed by atoms with Gasteiger partial charge < -0.3 is 10.5 Å². The lowest BCUT2D eigenvalue weighted by atomic mass is 10.1. The number of nitrogens with two attached hydrogens (primary N) is 1. The maximum absolute atomic E-state index is 5.51. The zero-order chi connectivity index (χ0) is 9.10. The SMILES string of the molecule is Nc1ncnc(C2CCCCO2)n1.